The predicted molar refractivity (Wildman–Crippen MR) is 135 cm³/mol. The molecule has 172 valence electrons. The average molecular weight is 482 g/mol. The molecule has 0 aliphatic heterocycles. The van der Waals surface area contributed by atoms with Crippen LogP contribution in [0.5, 0.6) is 0 Å². The summed E-state index contributed by atoms with van der Waals surface area (Å²) in [5.41, 5.74) is 6.06. The van der Waals surface area contributed by atoms with Crippen LogP contribution >= 0.6 is 11.6 Å². The minimum absolute atomic E-state index is 0.119. The van der Waals surface area contributed by atoms with Crippen LogP contribution in [0.15, 0.2) is 87.5 Å². The molecule has 0 saturated heterocycles. The van der Waals surface area contributed by atoms with Gasteiger partial charge in [0.2, 0.25) is 5.89 Å². The van der Waals surface area contributed by atoms with Gasteiger partial charge in [0.1, 0.15) is 6.54 Å². The highest BCUT2D eigenvalue weighted by Crippen LogP contribution is 2.34. The van der Waals surface area contributed by atoms with Gasteiger partial charge in [-0.15, -0.1) is 5.10 Å². The van der Waals surface area contributed by atoms with E-state index >= 15 is 0 Å². The number of aryl methyl sites for hydroxylation is 1. The molecule has 0 saturated carbocycles. The van der Waals surface area contributed by atoms with Gasteiger partial charge in [0.25, 0.3) is 0 Å². The number of hydrogen-bond acceptors (Lipinski definition) is 5. The Balaban J connectivity index is 1.48. The highest BCUT2D eigenvalue weighted by molar-refractivity contribution is 6.31. The van der Waals surface area contributed by atoms with Crippen LogP contribution in [0.3, 0.4) is 0 Å². The lowest BCUT2D eigenvalue weighted by atomic mass is 9.96. The highest BCUT2D eigenvalue weighted by atomic mass is 35.5. The number of halogens is 1. The van der Waals surface area contributed by atoms with Gasteiger partial charge in [0, 0.05) is 35.6 Å². The summed E-state index contributed by atoms with van der Waals surface area (Å²) in [5.74, 6) is 1.06. The molecule has 5 aromatic rings. The lowest BCUT2D eigenvalue weighted by Crippen LogP contribution is -2.21. The number of fused-ring (bicyclic) bond motifs is 2. The van der Waals surface area contributed by atoms with Crippen molar-refractivity contribution in [3.05, 3.63) is 112 Å². The minimum atomic E-state index is -0.266. The molecule has 0 spiro atoms. The van der Waals surface area contributed by atoms with Gasteiger partial charge < -0.3 is 4.42 Å². The first-order chi connectivity index (χ1) is 17.1. The molecule has 0 amide bonds. The number of benzene rings is 1. The Morgan fingerprint density at radius 1 is 1.03 bits per heavy atom. The van der Waals surface area contributed by atoms with Crippen molar-refractivity contribution in [3.8, 4) is 22.3 Å². The van der Waals surface area contributed by atoms with Crippen molar-refractivity contribution >= 4 is 23.3 Å². The normalized spacial score (nSPS) is 13.0. The molecule has 0 radical (unpaired) electrons. The minimum Gasteiger partial charge on any atom is -0.439 e. The third kappa shape index (κ3) is 3.90. The highest BCUT2D eigenvalue weighted by Gasteiger charge is 2.19. The van der Waals surface area contributed by atoms with Crippen LogP contribution in [0.25, 0.3) is 34.0 Å². The van der Waals surface area contributed by atoms with Gasteiger partial charge in [0.15, 0.2) is 11.4 Å². The average Bonchev–Trinajstić information content (AvgIpc) is 3.36. The molecule has 4 aromatic heterocycles. The van der Waals surface area contributed by atoms with Crippen molar-refractivity contribution in [2.24, 2.45) is 0 Å². The van der Waals surface area contributed by atoms with Gasteiger partial charge in [-0.1, -0.05) is 47.5 Å². The van der Waals surface area contributed by atoms with Crippen LogP contribution in [0.2, 0.25) is 0 Å². The van der Waals surface area contributed by atoms with Crippen molar-refractivity contribution in [3.63, 3.8) is 0 Å². The number of rotatable bonds is 4. The van der Waals surface area contributed by atoms with E-state index in [9.17, 15) is 4.79 Å². The van der Waals surface area contributed by atoms with Gasteiger partial charge >= 0.3 is 5.69 Å². The summed E-state index contributed by atoms with van der Waals surface area (Å²) in [6.07, 6.45) is 11.2. The number of hydrogen-bond donors (Lipinski definition) is 0. The van der Waals surface area contributed by atoms with Crippen LogP contribution in [-0.4, -0.2) is 24.1 Å². The molecular formula is C27H20ClN5O2. The monoisotopic (exact) mass is 481 g/mol. The van der Waals surface area contributed by atoms with E-state index in [-0.39, 0.29) is 12.2 Å². The van der Waals surface area contributed by atoms with E-state index < -0.39 is 0 Å². The molecule has 0 N–H and O–H groups in total. The Labute approximate surface area is 205 Å². The van der Waals surface area contributed by atoms with E-state index in [0.717, 1.165) is 27.9 Å². The van der Waals surface area contributed by atoms with Crippen LogP contribution in [0.1, 0.15) is 22.9 Å². The largest absolute Gasteiger partial charge is 0.439 e. The van der Waals surface area contributed by atoms with E-state index in [1.807, 2.05) is 24.3 Å². The maximum Gasteiger partial charge on any atom is 0.350 e. The van der Waals surface area contributed by atoms with E-state index in [1.54, 1.807) is 35.1 Å². The van der Waals surface area contributed by atoms with E-state index in [1.165, 1.54) is 10.2 Å². The smallest absolute Gasteiger partial charge is 0.350 e. The lowest BCUT2D eigenvalue weighted by molar-refractivity contribution is 0.454. The summed E-state index contributed by atoms with van der Waals surface area (Å²) in [4.78, 5) is 22.0. The van der Waals surface area contributed by atoms with Crippen molar-refractivity contribution in [1.82, 2.24) is 24.1 Å². The molecule has 0 fully saturated rings. The number of nitrogens with zero attached hydrogens (tertiary/aromatic N) is 5. The van der Waals surface area contributed by atoms with Gasteiger partial charge in [-0.05, 0) is 54.0 Å². The molecule has 35 heavy (non-hydrogen) atoms. The molecule has 0 bridgehead atoms. The van der Waals surface area contributed by atoms with E-state index in [4.69, 9.17) is 21.1 Å². The Morgan fingerprint density at radius 3 is 2.63 bits per heavy atom. The fraction of sp³-hybridized carbons (Fsp3) is 0.111. The quantitative estimate of drug-likeness (QED) is 0.350. The first-order valence-electron chi connectivity index (χ1n) is 11.2. The second kappa shape index (κ2) is 8.52. The number of aromatic nitrogens is 5. The fourth-order valence-electron chi connectivity index (χ4n) is 4.26. The molecule has 7 nitrogen and oxygen atoms in total. The first-order valence-corrected chi connectivity index (χ1v) is 11.6. The van der Waals surface area contributed by atoms with Gasteiger partial charge in [-0.25, -0.2) is 18.9 Å². The Bertz CT molecular complexity index is 1670. The predicted octanol–water partition coefficient (Wildman–Crippen LogP) is 5.26. The molecule has 0 atom stereocenters. The number of pyridine rings is 2. The van der Waals surface area contributed by atoms with Crippen molar-refractivity contribution in [1.29, 1.82) is 0 Å². The second-order valence-corrected chi connectivity index (χ2v) is 8.82. The summed E-state index contributed by atoms with van der Waals surface area (Å²) in [7, 11) is 0. The zero-order valence-electron chi connectivity index (χ0n) is 18.9. The van der Waals surface area contributed by atoms with Crippen LogP contribution in [0.4, 0.5) is 0 Å². The van der Waals surface area contributed by atoms with Crippen molar-refractivity contribution in [2.75, 3.05) is 0 Å². The molecule has 1 aliphatic carbocycles. The van der Waals surface area contributed by atoms with Gasteiger partial charge in [-0.2, -0.15) is 0 Å². The zero-order valence-corrected chi connectivity index (χ0v) is 19.6. The Hall–Kier alpha value is -4.23. The molecule has 4 heterocycles. The molecule has 1 aliphatic rings. The number of oxazole rings is 1. The molecular weight excluding hydrogens is 462 g/mol. The third-order valence-corrected chi connectivity index (χ3v) is 6.31. The van der Waals surface area contributed by atoms with Gasteiger partial charge in [0.05, 0.1) is 5.69 Å². The van der Waals surface area contributed by atoms with Crippen molar-refractivity contribution in [2.45, 2.75) is 19.9 Å². The summed E-state index contributed by atoms with van der Waals surface area (Å²) >= 11 is 6.08. The molecule has 0 unspecified atom stereocenters. The maximum absolute atomic E-state index is 13.3. The third-order valence-electron chi connectivity index (χ3n) is 6.03. The van der Waals surface area contributed by atoms with Crippen LogP contribution in [-0.2, 0) is 13.0 Å². The molecule has 1 aromatic carbocycles. The Morgan fingerprint density at radius 2 is 1.83 bits per heavy atom. The summed E-state index contributed by atoms with van der Waals surface area (Å²) in [6, 6.07) is 14.1. The van der Waals surface area contributed by atoms with E-state index in [0.29, 0.717) is 28.8 Å². The summed E-state index contributed by atoms with van der Waals surface area (Å²) in [5, 5.41) is 5.36. The molecule has 8 heteroatoms. The lowest BCUT2D eigenvalue weighted by Gasteiger charge is -2.11. The standard InChI is InChI=1S/C27H20ClN5O2/c1-17-2-4-18(5-3-17)21-12-15-32-26(25(21)19-10-13-29-14-11-19)31-33(27(32)34)16-24-30-22-8-6-20(28)7-9-23(22)35-24/h2-7,9-15H,8,16H2,1H3. The topological polar surface area (TPSA) is 78.2 Å². The summed E-state index contributed by atoms with van der Waals surface area (Å²) < 4.78 is 8.85. The summed E-state index contributed by atoms with van der Waals surface area (Å²) in [6.45, 7) is 2.18. The van der Waals surface area contributed by atoms with Crippen LogP contribution in [0, 0.1) is 6.92 Å². The second-order valence-electron chi connectivity index (χ2n) is 8.39. The van der Waals surface area contributed by atoms with Gasteiger partial charge in [-0.3, -0.25) is 4.98 Å². The van der Waals surface area contributed by atoms with E-state index in [2.05, 4.69) is 41.2 Å². The molecule has 6 rings (SSSR count). The maximum atomic E-state index is 13.3. The van der Waals surface area contributed by atoms with Crippen LogP contribution < -0.4 is 5.69 Å². The first kappa shape index (κ1) is 21.3. The SMILES string of the molecule is Cc1ccc(-c2ccn3c(=O)n(Cc4nc5c(o4)C=CC(Cl)=CC5)nc3c2-c2ccncc2)cc1. The fourth-order valence-corrected chi connectivity index (χ4v) is 4.40. The Kier molecular flexibility index (Phi) is 5.19. The zero-order chi connectivity index (χ0) is 23.9. The number of allylic oxidation sites excluding steroid dienone is 3. The van der Waals surface area contributed by atoms with Crippen molar-refractivity contribution < 1.29 is 4.42 Å².